The minimum absolute atomic E-state index is 0.384. The van der Waals surface area contributed by atoms with E-state index in [0.29, 0.717) is 11.5 Å². The molecule has 0 amide bonds. The molecule has 3 aromatic rings. The molecule has 1 saturated heterocycles. The van der Waals surface area contributed by atoms with Crippen LogP contribution >= 0.6 is 0 Å². The Morgan fingerprint density at radius 2 is 1.79 bits per heavy atom. The van der Waals surface area contributed by atoms with Crippen LogP contribution in [0.1, 0.15) is 92.1 Å². The monoisotopic (exact) mass is 527 g/mol. The lowest BCUT2D eigenvalue weighted by molar-refractivity contribution is 0.0697. The van der Waals surface area contributed by atoms with E-state index in [1.54, 1.807) is 0 Å². The second kappa shape index (κ2) is 11.4. The zero-order valence-corrected chi connectivity index (χ0v) is 23.9. The Labute approximate surface area is 233 Å². The summed E-state index contributed by atoms with van der Waals surface area (Å²) < 4.78 is 2.47. The van der Waals surface area contributed by atoms with Crippen LogP contribution in [0.25, 0.3) is 22.2 Å². The van der Waals surface area contributed by atoms with Crippen LogP contribution in [0.15, 0.2) is 36.4 Å². The summed E-state index contributed by atoms with van der Waals surface area (Å²) >= 11 is 0. The van der Waals surface area contributed by atoms with Gasteiger partial charge in [-0.05, 0) is 86.7 Å². The quantitative estimate of drug-likeness (QED) is 0.342. The molecule has 3 heterocycles. The van der Waals surface area contributed by atoms with Crippen LogP contribution in [0, 0.1) is 12.8 Å². The van der Waals surface area contributed by atoms with Crippen LogP contribution in [0.5, 0.6) is 0 Å². The maximum Gasteiger partial charge on any atom is 0.335 e. The van der Waals surface area contributed by atoms with Crippen molar-refractivity contribution in [2.75, 3.05) is 37.6 Å². The molecule has 2 aromatic carbocycles. The lowest BCUT2D eigenvalue weighted by atomic mass is 9.81. The number of aryl methyl sites for hydroxylation is 1. The van der Waals surface area contributed by atoms with E-state index < -0.39 is 5.97 Å². The number of fused-ring (bicyclic) bond motifs is 5. The van der Waals surface area contributed by atoms with Crippen molar-refractivity contribution < 1.29 is 9.90 Å². The van der Waals surface area contributed by atoms with Gasteiger partial charge >= 0.3 is 5.97 Å². The summed E-state index contributed by atoms with van der Waals surface area (Å²) in [5, 5.41) is 11.1. The summed E-state index contributed by atoms with van der Waals surface area (Å²) in [6.07, 6.45) is 11.7. The number of carboxylic acid groups (broad SMARTS) is 1. The maximum absolute atomic E-state index is 12.0. The van der Waals surface area contributed by atoms with E-state index >= 15 is 0 Å². The van der Waals surface area contributed by atoms with E-state index in [1.807, 2.05) is 12.1 Å². The van der Waals surface area contributed by atoms with Crippen molar-refractivity contribution in [3.63, 3.8) is 0 Å². The third kappa shape index (κ3) is 5.23. The van der Waals surface area contributed by atoms with Gasteiger partial charge in [0.25, 0.3) is 0 Å². The van der Waals surface area contributed by atoms with Crippen molar-refractivity contribution in [3.05, 3.63) is 53.1 Å². The van der Waals surface area contributed by atoms with E-state index in [-0.39, 0.29) is 0 Å². The smallest absolute Gasteiger partial charge is 0.335 e. The van der Waals surface area contributed by atoms with Crippen LogP contribution in [-0.2, 0) is 6.54 Å². The Bertz CT molecular complexity index is 1330. The van der Waals surface area contributed by atoms with Gasteiger partial charge in [-0.1, -0.05) is 50.8 Å². The highest BCUT2D eigenvalue weighted by Gasteiger charge is 2.31. The maximum atomic E-state index is 12.0. The first-order valence-electron chi connectivity index (χ1n) is 15.5. The fraction of sp³-hybridized carbons (Fsp3) is 0.559. The second-order valence-electron chi connectivity index (χ2n) is 12.4. The molecular weight excluding hydrogens is 482 g/mol. The van der Waals surface area contributed by atoms with Gasteiger partial charge in [0.05, 0.1) is 11.3 Å². The molecule has 6 rings (SSSR count). The van der Waals surface area contributed by atoms with Crippen LogP contribution < -0.4 is 4.90 Å². The number of rotatable bonds is 7. The van der Waals surface area contributed by atoms with E-state index in [9.17, 15) is 9.90 Å². The van der Waals surface area contributed by atoms with Crippen LogP contribution in [-0.4, -0.2) is 53.3 Å². The van der Waals surface area contributed by atoms with Gasteiger partial charge in [-0.3, -0.25) is 0 Å². The van der Waals surface area contributed by atoms with E-state index in [0.717, 1.165) is 37.6 Å². The summed E-state index contributed by atoms with van der Waals surface area (Å²) in [5.74, 6) is 0.551. The normalized spacial score (nSPS) is 20.6. The van der Waals surface area contributed by atoms with Crippen LogP contribution in [0.4, 0.5) is 5.69 Å². The Balaban J connectivity index is 1.40. The Kier molecular flexibility index (Phi) is 7.70. The molecule has 3 aliphatic rings. The van der Waals surface area contributed by atoms with Crippen LogP contribution in [0.3, 0.4) is 0 Å². The zero-order chi connectivity index (χ0) is 26.9. The van der Waals surface area contributed by atoms with Crippen molar-refractivity contribution in [2.24, 2.45) is 5.92 Å². The molecule has 5 nitrogen and oxygen atoms in total. The molecule has 1 aliphatic carbocycles. The number of likely N-dealkylation sites (tertiary alicyclic amines) is 1. The van der Waals surface area contributed by atoms with E-state index in [2.05, 4.69) is 52.5 Å². The molecule has 2 fully saturated rings. The molecule has 1 atom stereocenters. The topological polar surface area (TPSA) is 48.7 Å². The summed E-state index contributed by atoms with van der Waals surface area (Å²) in [6.45, 7) is 11.0. The first-order valence-corrected chi connectivity index (χ1v) is 15.5. The lowest BCUT2D eigenvalue weighted by Crippen LogP contribution is -2.41. The third-order valence-electron chi connectivity index (χ3n) is 9.69. The van der Waals surface area contributed by atoms with Crippen molar-refractivity contribution in [3.8, 4) is 11.3 Å². The number of benzene rings is 2. The molecule has 1 N–H and O–H groups in total. The van der Waals surface area contributed by atoms with Crippen molar-refractivity contribution in [1.29, 1.82) is 0 Å². The number of nitrogens with zero attached hydrogens (tertiary/aromatic N) is 3. The lowest BCUT2D eigenvalue weighted by Gasteiger charge is -2.35. The minimum atomic E-state index is -0.846. The van der Waals surface area contributed by atoms with Gasteiger partial charge in [0.1, 0.15) is 0 Å². The SMILES string of the molecule is CCCC1CCCN(CCN2CCn3c(c(C4CCCCC4)c4ccc(C(=O)O)cc43)-c3ccc(C)cc32)C1. The highest BCUT2D eigenvalue weighted by Crippen LogP contribution is 2.47. The molecule has 0 bridgehead atoms. The minimum Gasteiger partial charge on any atom is -0.478 e. The summed E-state index contributed by atoms with van der Waals surface area (Å²) in [4.78, 5) is 17.3. The average Bonchev–Trinajstić information content (AvgIpc) is 3.18. The van der Waals surface area contributed by atoms with Gasteiger partial charge in [-0.2, -0.15) is 0 Å². The molecule has 39 heavy (non-hydrogen) atoms. The average molecular weight is 528 g/mol. The molecule has 5 heteroatoms. The predicted octanol–water partition coefficient (Wildman–Crippen LogP) is 7.69. The van der Waals surface area contributed by atoms with Gasteiger partial charge in [-0.25, -0.2) is 4.79 Å². The van der Waals surface area contributed by atoms with Crippen molar-refractivity contribution in [1.82, 2.24) is 9.47 Å². The third-order valence-corrected chi connectivity index (χ3v) is 9.69. The van der Waals surface area contributed by atoms with E-state index in [1.165, 1.54) is 104 Å². The second-order valence-corrected chi connectivity index (χ2v) is 12.4. The fourth-order valence-electron chi connectivity index (χ4n) is 7.77. The number of aromatic nitrogens is 1. The van der Waals surface area contributed by atoms with Crippen molar-refractivity contribution in [2.45, 2.75) is 84.1 Å². The highest BCUT2D eigenvalue weighted by molar-refractivity contribution is 5.99. The summed E-state index contributed by atoms with van der Waals surface area (Å²) in [6, 6.07) is 12.8. The van der Waals surface area contributed by atoms with Gasteiger partial charge in [0.15, 0.2) is 0 Å². The molecule has 208 valence electrons. The summed E-state index contributed by atoms with van der Waals surface area (Å²) in [7, 11) is 0. The van der Waals surface area contributed by atoms with Crippen molar-refractivity contribution >= 4 is 22.6 Å². The Morgan fingerprint density at radius 3 is 2.59 bits per heavy atom. The predicted molar refractivity (Wildman–Crippen MR) is 161 cm³/mol. The largest absolute Gasteiger partial charge is 0.478 e. The standard InChI is InChI=1S/C34H45N3O2/c1-3-8-25-9-7-16-35(23-25)17-18-36-19-20-37-31-22-27(34(38)39)13-15-28(31)32(26-10-5-4-6-11-26)33(37)29-14-12-24(2)21-30(29)36/h12-15,21-22,25-26H,3-11,16-20,23H2,1-2H3,(H,38,39). The molecule has 1 aromatic heterocycles. The number of hydrogen-bond acceptors (Lipinski definition) is 3. The van der Waals surface area contributed by atoms with E-state index in [4.69, 9.17) is 0 Å². The van der Waals surface area contributed by atoms with Gasteiger partial charge in [-0.15, -0.1) is 0 Å². The highest BCUT2D eigenvalue weighted by atomic mass is 16.4. The summed E-state index contributed by atoms with van der Waals surface area (Å²) in [5.41, 5.74) is 8.28. The number of carboxylic acids is 1. The number of piperidine rings is 1. The van der Waals surface area contributed by atoms with Gasteiger partial charge < -0.3 is 19.5 Å². The number of aromatic carboxylic acids is 1. The molecular formula is C34H45N3O2. The molecule has 0 radical (unpaired) electrons. The molecule has 1 saturated carbocycles. The van der Waals surface area contributed by atoms with Gasteiger partial charge in [0.2, 0.25) is 0 Å². The molecule has 1 unspecified atom stereocenters. The Hall–Kier alpha value is -2.79. The fourth-order valence-corrected chi connectivity index (χ4v) is 7.77. The Morgan fingerprint density at radius 1 is 0.949 bits per heavy atom. The molecule has 2 aliphatic heterocycles. The van der Waals surface area contributed by atoms with Gasteiger partial charge in [0, 0.05) is 54.9 Å². The number of carbonyl (C=O) groups is 1. The first-order chi connectivity index (χ1) is 19.0. The zero-order valence-electron chi connectivity index (χ0n) is 23.9. The molecule has 0 spiro atoms. The number of hydrogen-bond donors (Lipinski definition) is 1. The number of anilines is 1. The van der Waals surface area contributed by atoms with Crippen LogP contribution in [0.2, 0.25) is 0 Å². The first kappa shape index (κ1) is 26.4.